The lowest BCUT2D eigenvalue weighted by molar-refractivity contribution is 0.206. The van der Waals surface area contributed by atoms with Crippen LogP contribution >= 0.6 is 0 Å². The summed E-state index contributed by atoms with van der Waals surface area (Å²) in [5, 5.41) is 10.2. The van der Waals surface area contributed by atoms with Gasteiger partial charge >= 0.3 is 0 Å². The van der Waals surface area contributed by atoms with Crippen LogP contribution in [0, 0.1) is 0 Å². The maximum absolute atomic E-state index is 10.2. The first kappa shape index (κ1) is 19.1. The number of para-hydroxylation sites is 2. The molecule has 0 fully saturated rings. The number of aromatic nitrogens is 1. The van der Waals surface area contributed by atoms with E-state index >= 15 is 0 Å². The number of hydrogen-bond acceptors (Lipinski definition) is 5. The van der Waals surface area contributed by atoms with Gasteiger partial charge in [-0.1, -0.05) is 60.7 Å². The third-order valence-electron chi connectivity index (χ3n) is 6.64. The van der Waals surface area contributed by atoms with Gasteiger partial charge < -0.3 is 14.3 Å². The Bertz CT molecular complexity index is 1600. The Morgan fingerprint density at radius 2 is 1.59 bits per heavy atom. The van der Waals surface area contributed by atoms with Gasteiger partial charge in [-0.3, -0.25) is 0 Å². The topological polar surface area (TPSA) is 67.9 Å². The number of ether oxygens (including phenoxy) is 1. The number of benzene rings is 4. The van der Waals surface area contributed by atoms with Crippen LogP contribution in [0.1, 0.15) is 22.7 Å². The summed E-state index contributed by atoms with van der Waals surface area (Å²) >= 11 is 0. The van der Waals surface area contributed by atoms with Crippen molar-refractivity contribution >= 4 is 17.0 Å². The van der Waals surface area contributed by atoms with Crippen LogP contribution in [0.25, 0.3) is 33.7 Å². The van der Waals surface area contributed by atoms with E-state index in [1.807, 2.05) is 36.4 Å². The van der Waals surface area contributed by atoms with Gasteiger partial charge in [0, 0.05) is 17.5 Å². The second-order valence-electron chi connectivity index (χ2n) is 8.71. The zero-order chi connectivity index (χ0) is 22.6. The molecule has 1 aliphatic heterocycles. The Kier molecular flexibility index (Phi) is 4.12. The molecule has 0 saturated heterocycles. The summed E-state index contributed by atoms with van der Waals surface area (Å²) in [4.78, 5) is 9.68. The molecule has 1 aliphatic carbocycles. The molecule has 0 unspecified atom stereocenters. The fourth-order valence-corrected chi connectivity index (χ4v) is 5.01. The molecule has 7 rings (SSSR count). The number of oxazole rings is 1. The molecule has 2 atom stereocenters. The Morgan fingerprint density at radius 3 is 2.53 bits per heavy atom. The molecular formula is C29H20N2O3. The van der Waals surface area contributed by atoms with Crippen molar-refractivity contribution in [2.75, 3.05) is 0 Å². The molecule has 1 aromatic heterocycles. The van der Waals surface area contributed by atoms with Crippen molar-refractivity contribution in [1.29, 1.82) is 0 Å². The van der Waals surface area contributed by atoms with Crippen LogP contribution in [-0.4, -0.2) is 22.1 Å². The highest BCUT2D eigenvalue weighted by molar-refractivity contribution is 5.99. The molecule has 2 heterocycles. The second kappa shape index (κ2) is 7.32. The summed E-state index contributed by atoms with van der Waals surface area (Å²) in [5.41, 5.74) is 7.48. The molecule has 0 amide bonds. The summed E-state index contributed by atoms with van der Waals surface area (Å²) in [7, 11) is 0. The van der Waals surface area contributed by atoms with Crippen LogP contribution in [0.2, 0.25) is 0 Å². The number of phenolic OH excluding ortho intramolecular Hbond substituents is 1. The van der Waals surface area contributed by atoms with Crippen molar-refractivity contribution in [2.45, 2.75) is 18.6 Å². The minimum absolute atomic E-state index is 0.0648. The molecule has 5 nitrogen and oxygen atoms in total. The van der Waals surface area contributed by atoms with Gasteiger partial charge in [0.1, 0.15) is 23.4 Å². The van der Waals surface area contributed by atoms with Crippen LogP contribution < -0.4 is 0 Å². The van der Waals surface area contributed by atoms with Gasteiger partial charge in [0.05, 0.1) is 5.56 Å². The molecule has 1 N–H and O–H groups in total. The van der Waals surface area contributed by atoms with E-state index in [1.165, 1.54) is 11.1 Å². The molecule has 164 valence electrons. The van der Waals surface area contributed by atoms with E-state index in [4.69, 9.17) is 19.1 Å². The Morgan fingerprint density at radius 1 is 0.794 bits per heavy atom. The first-order valence-corrected chi connectivity index (χ1v) is 11.4. The Labute approximate surface area is 196 Å². The molecule has 5 heteroatoms. The first-order chi connectivity index (χ1) is 16.7. The van der Waals surface area contributed by atoms with Crippen molar-refractivity contribution in [2.24, 2.45) is 4.99 Å². The first-order valence-electron chi connectivity index (χ1n) is 11.4. The number of fused-ring (bicyclic) bond motifs is 4. The number of rotatable bonds is 3. The van der Waals surface area contributed by atoms with Gasteiger partial charge in [0.25, 0.3) is 0 Å². The molecule has 5 aromatic rings. The monoisotopic (exact) mass is 444 g/mol. The molecule has 34 heavy (non-hydrogen) atoms. The van der Waals surface area contributed by atoms with Crippen LogP contribution in [0.3, 0.4) is 0 Å². The quantitative estimate of drug-likeness (QED) is 0.354. The SMILES string of the molecule is Oc1ccccc1-c1nc2c(-c3cccc(C4=N[C@H]5c6ccccc6C[C@H]5O4)c3)cccc2o1. The molecule has 0 saturated carbocycles. The third-order valence-corrected chi connectivity index (χ3v) is 6.64. The Hall–Kier alpha value is -4.38. The maximum atomic E-state index is 10.2. The van der Waals surface area contributed by atoms with Gasteiger partial charge in [-0.25, -0.2) is 9.98 Å². The van der Waals surface area contributed by atoms with Gasteiger partial charge in [0.15, 0.2) is 5.58 Å². The smallest absolute Gasteiger partial charge is 0.231 e. The molecular weight excluding hydrogens is 424 g/mol. The lowest BCUT2D eigenvalue weighted by Crippen LogP contribution is -2.13. The number of phenols is 1. The predicted molar refractivity (Wildman–Crippen MR) is 131 cm³/mol. The largest absolute Gasteiger partial charge is 0.507 e. The van der Waals surface area contributed by atoms with E-state index in [9.17, 15) is 5.11 Å². The number of aliphatic imine (C=N–C) groups is 1. The molecule has 0 spiro atoms. The van der Waals surface area contributed by atoms with Gasteiger partial charge in [-0.15, -0.1) is 0 Å². The summed E-state index contributed by atoms with van der Waals surface area (Å²) in [5.74, 6) is 1.22. The minimum atomic E-state index is 0.0648. The molecule has 2 aliphatic rings. The standard InChI is InChI=1S/C29H20N2O3/c32-23-13-4-3-11-22(23)29-31-26-21(12-6-14-24(26)33-29)17-8-5-9-19(15-17)28-30-27-20-10-2-1-7-18(20)16-25(27)34-28/h1-15,25,27,32H,16H2/t25-,27+/m1/s1. The van der Waals surface area contributed by atoms with Crippen molar-refractivity contribution < 1.29 is 14.3 Å². The highest BCUT2D eigenvalue weighted by atomic mass is 16.5. The zero-order valence-corrected chi connectivity index (χ0v) is 18.2. The molecule has 0 radical (unpaired) electrons. The van der Waals surface area contributed by atoms with Crippen molar-refractivity contribution in [3.63, 3.8) is 0 Å². The molecule has 0 bridgehead atoms. The van der Waals surface area contributed by atoms with Gasteiger partial charge in [0.2, 0.25) is 11.8 Å². The highest BCUT2D eigenvalue weighted by Gasteiger charge is 2.39. The van der Waals surface area contributed by atoms with Gasteiger partial charge in [-0.2, -0.15) is 0 Å². The number of nitrogens with zero attached hydrogens (tertiary/aromatic N) is 2. The fourth-order valence-electron chi connectivity index (χ4n) is 5.01. The van der Waals surface area contributed by atoms with Crippen molar-refractivity contribution in [3.8, 4) is 28.3 Å². The van der Waals surface area contributed by atoms with E-state index in [0.717, 1.165) is 28.6 Å². The van der Waals surface area contributed by atoms with Crippen molar-refractivity contribution in [3.05, 3.63) is 108 Å². The fraction of sp³-hybridized carbons (Fsp3) is 0.103. The Balaban J connectivity index is 1.28. The summed E-state index contributed by atoms with van der Waals surface area (Å²) in [6.45, 7) is 0. The van der Waals surface area contributed by atoms with Crippen LogP contribution in [0.5, 0.6) is 5.75 Å². The summed E-state index contributed by atoms with van der Waals surface area (Å²) in [6, 6.07) is 29.6. The minimum Gasteiger partial charge on any atom is -0.507 e. The zero-order valence-electron chi connectivity index (χ0n) is 18.2. The highest BCUT2D eigenvalue weighted by Crippen LogP contribution is 2.41. The predicted octanol–water partition coefficient (Wildman–Crippen LogP) is 6.31. The third kappa shape index (κ3) is 2.94. The van der Waals surface area contributed by atoms with Crippen LogP contribution in [0.15, 0.2) is 100 Å². The van der Waals surface area contributed by atoms with E-state index in [0.29, 0.717) is 22.9 Å². The summed E-state index contributed by atoms with van der Waals surface area (Å²) < 4.78 is 12.3. The average Bonchev–Trinajstić information content (AvgIpc) is 3.57. The number of hydrogen-bond donors (Lipinski definition) is 1. The maximum Gasteiger partial charge on any atom is 0.231 e. The second-order valence-corrected chi connectivity index (χ2v) is 8.71. The van der Waals surface area contributed by atoms with Crippen LogP contribution in [-0.2, 0) is 11.2 Å². The van der Waals surface area contributed by atoms with Gasteiger partial charge in [-0.05, 0) is 47.0 Å². The average molecular weight is 444 g/mol. The normalized spacial score (nSPS) is 18.4. The number of aromatic hydroxyl groups is 1. The lowest BCUT2D eigenvalue weighted by atomic mass is 10.0. The van der Waals surface area contributed by atoms with Crippen molar-refractivity contribution in [1.82, 2.24) is 4.98 Å². The van der Waals surface area contributed by atoms with Crippen LogP contribution in [0.4, 0.5) is 0 Å². The van der Waals surface area contributed by atoms with E-state index in [2.05, 4.69) is 36.4 Å². The summed E-state index contributed by atoms with van der Waals surface area (Å²) in [6.07, 6.45) is 0.956. The van der Waals surface area contributed by atoms with E-state index < -0.39 is 0 Å². The lowest BCUT2D eigenvalue weighted by Gasteiger charge is -2.10. The molecule has 4 aromatic carbocycles. The van der Waals surface area contributed by atoms with E-state index in [1.54, 1.807) is 18.2 Å². The van der Waals surface area contributed by atoms with E-state index in [-0.39, 0.29) is 17.9 Å².